The van der Waals surface area contributed by atoms with Gasteiger partial charge in [-0.3, -0.25) is 19.3 Å². The number of allylic oxidation sites excluding steroid dienone is 2. The van der Waals surface area contributed by atoms with Crippen molar-refractivity contribution in [3.05, 3.63) is 70.8 Å². The van der Waals surface area contributed by atoms with E-state index in [1.165, 1.54) is 35.5 Å². The largest absolute Gasteiger partial charge is 0.370 e. The minimum atomic E-state index is -0.278. The third-order valence-electron chi connectivity index (χ3n) is 10.1. The number of carbonyl (C=O) groups excluding carboxylic acids is 3. The van der Waals surface area contributed by atoms with Gasteiger partial charge in [-0.2, -0.15) is 0 Å². The zero-order chi connectivity index (χ0) is 27.0. The third kappa shape index (κ3) is 3.68. The Labute approximate surface area is 237 Å². The maximum absolute atomic E-state index is 13.6. The highest BCUT2D eigenvalue weighted by Gasteiger charge is 2.62. The summed E-state index contributed by atoms with van der Waals surface area (Å²) in [7, 11) is 0. The molecule has 1 aromatic heterocycles. The van der Waals surface area contributed by atoms with Crippen LogP contribution in [-0.2, 0) is 11.3 Å². The highest BCUT2D eigenvalue weighted by molar-refractivity contribution is 7.18. The first-order valence-electron chi connectivity index (χ1n) is 14.6. The van der Waals surface area contributed by atoms with Crippen molar-refractivity contribution in [2.24, 2.45) is 29.1 Å². The number of para-hydroxylation sites is 1. The number of thiazole rings is 1. The Kier molecular flexibility index (Phi) is 5.46. The van der Waals surface area contributed by atoms with Crippen molar-refractivity contribution < 1.29 is 14.4 Å². The second-order valence-corrected chi connectivity index (χ2v) is 13.4. The number of anilines is 1. The van der Waals surface area contributed by atoms with Gasteiger partial charge in [-0.25, -0.2) is 4.98 Å². The van der Waals surface area contributed by atoms with E-state index in [2.05, 4.69) is 27.4 Å². The zero-order valence-corrected chi connectivity index (χ0v) is 23.2. The first-order valence-corrected chi connectivity index (χ1v) is 15.4. The third-order valence-corrected chi connectivity index (χ3v) is 11.1. The van der Waals surface area contributed by atoms with E-state index in [1.54, 1.807) is 6.07 Å². The summed E-state index contributed by atoms with van der Waals surface area (Å²) in [5, 5.41) is 4.04. The number of rotatable bonds is 6. The van der Waals surface area contributed by atoms with Crippen molar-refractivity contribution in [3.8, 4) is 0 Å². The van der Waals surface area contributed by atoms with Gasteiger partial charge >= 0.3 is 0 Å². The summed E-state index contributed by atoms with van der Waals surface area (Å²) in [6.07, 6.45) is 10.4. The Bertz CT molecular complexity index is 1560. The molecular weight excluding hydrogens is 520 g/mol. The maximum atomic E-state index is 13.6. The molecule has 0 radical (unpaired) electrons. The number of benzene rings is 2. The second kappa shape index (κ2) is 8.99. The minimum Gasteiger partial charge on any atom is -0.370 e. The monoisotopic (exact) mass is 552 g/mol. The van der Waals surface area contributed by atoms with Gasteiger partial charge in [-0.05, 0) is 79.5 Å². The van der Waals surface area contributed by atoms with Crippen LogP contribution in [-0.4, -0.2) is 47.2 Å². The van der Waals surface area contributed by atoms with Gasteiger partial charge < -0.3 is 10.2 Å². The van der Waals surface area contributed by atoms with Gasteiger partial charge in [-0.15, -0.1) is 11.3 Å². The number of aromatic nitrogens is 1. The molecule has 1 spiro atoms. The van der Waals surface area contributed by atoms with Crippen molar-refractivity contribution in [2.45, 2.75) is 38.6 Å². The fourth-order valence-electron chi connectivity index (χ4n) is 7.99. The van der Waals surface area contributed by atoms with E-state index >= 15 is 0 Å². The molecule has 8 heteroatoms. The summed E-state index contributed by atoms with van der Waals surface area (Å²) in [5.41, 5.74) is 3.07. The molecule has 3 fully saturated rings. The van der Waals surface area contributed by atoms with Crippen LogP contribution in [0.15, 0.2) is 54.6 Å². The van der Waals surface area contributed by atoms with Crippen molar-refractivity contribution in [3.63, 3.8) is 0 Å². The molecule has 2 saturated carbocycles. The molecule has 8 rings (SSSR count). The van der Waals surface area contributed by atoms with Gasteiger partial charge in [-0.1, -0.05) is 30.4 Å². The lowest BCUT2D eigenvalue weighted by molar-refractivity contribution is -0.125. The van der Waals surface area contributed by atoms with E-state index in [-0.39, 0.29) is 30.2 Å². The van der Waals surface area contributed by atoms with Crippen LogP contribution in [0.4, 0.5) is 5.69 Å². The van der Waals surface area contributed by atoms with Gasteiger partial charge in [0.15, 0.2) is 0 Å². The molecule has 40 heavy (non-hydrogen) atoms. The normalized spacial score (nSPS) is 27.7. The van der Waals surface area contributed by atoms with Crippen LogP contribution in [0.25, 0.3) is 10.2 Å². The van der Waals surface area contributed by atoms with Gasteiger partial charge in [0.25, 0.3) is 11.8 Å². The molecular formula is C32H32N4O3S. The van der Waals surface area contributed by atoms with Gasteiger partial charge in [0.1, 0.15) is 5.01 Å². The predicted octanol–water partition coefficient (Wildman–Crippen LogP) is 5.03. The smallest absolute Gasteiger partial charge is 0.264 e. The van der Waals surface area contributed by atoms with Crippen molar-refractivity contribution in [2.75, 3.05) is 24.5 Å². The molecule has 3 aromatic rings. The summed E-state index contributed by atoms with van der Waals surface area (Å²) >= 11 is 1.51. The Morgan fingerprint density at radius 1 is 1.07 bits per heavy atom. The van der Waals surface area contributed by atoms with Crippen LogP contribution in [0.3, 0.4) is 0 Å². The van der Waals surface area contributed by atoms with Crippen LogP contribution < -0.4 is 10.2 Å². The first-order chi connectivity index (χ1) is 19.5. The van der Waals surface area contributed by atoms with E-state index < -0.39 is 0 Å². The molecule has 2 aliphatic heterocycles. The standard InChI is InChI=1S/C32H32N4O3S/c37-29(33-16-20-15-21-10-11-23(20)32(21)12-13-32)19-5-4-14-35(17-19)25-8-3-6-22-28(25)31(39)36(30(22)38)18-27-34-24-7-1-2-9-26(24)40-27/h1-3,6-11,19-21,23H,4-5,12-18H2,(H,33,37). The highest BCUT2D eigenvalue weighted by Crippen LogP contribution is 2.69. The number of hydrogen-bond donors (Lipinski definition) is 1. The molecule has 7 nitrogen and oxygen atoms in total. The Hall–Kier alpha value is -3.52. The number of carbonyl (C=O) groups is 3. The molecule has 3 aliphatic carbocycles. The molecule has 2 bridgehead atoms. The SMILES string of the molecule is O=C(NCC1CC2C=CC1C21CC1)C1CCCN(c2cccc3c2C(=O)N(Cc2nc4ccccc4s2)C3=O)C1. The molecule has 1 N–H and O–H groups in total. The van der Waals surface area contributed by atoms with Crippen LogP contribution in [0, 0.1) is 29.1 Å². The van der Waals surface area contributed by atoms with E-state index in [9.17, 15) is 14.4 Å². The zero-order valence-electron chi connectivity index (χ0n) is 22.3. The second-order valence-electron chi connectivity index (χ2n) is 12.2. The molecule has 3 amide bonds. The van der Waals surface area contributed by atoms with Crippen LogP contribution >= 0.6 is 11.3 Å². The van der Waals surface area contributed by atoms with Crippen LogP contribution in [0.1, 0.15) is 57.8 Å². The summed E-state index contributed by atoms with van der Waals surface area (Å²) in [6.45, 7) is 2.24. The average molecular weight is 553 g/mol. The fraction of sp³-hybridized carbons (Fsp3) is 0.438. The van der Waals surface area contributed by atoms with Gasteiger partial charge in [0.2, 0.25) is 5.91 Å². The number of hydrogen-bond acceptors (Lipinski definition) is 6. The Morgan fingerprint density at radius 2 is 1.95 bits per heavy atom. The Balaban J connectivity index is 0.967. The summed E-state index contributed by atoms with van der Waals surface area (Å²) in [6, 6.07) is 13.3. The minimum absolute atomic E-state index is 0.119. The van der Waals surface area contributed by atoms with Crippen LogP contribution in [0.5, 0.6) is 0 Å². The predicted molar refractivity (Wildman–Crippen MR) is 154 cm³/mol. The molecule has 204 valence electrons. The molecule has 5 aliphatic rings. The molecule has 1 saturated heterocycles. The number of nitrogens with one attached hydrogen (secondary N) is 1. The van der Waals surface area contributed by atoms with Crippen molar-refractivity contribution >= 4 is 45.0 Å². The lowest BCUT2D eigenvalue weighted by Gasteiger charge is -2.35. The van der Waals surface area contributed by atoms with Crippen LogP contribution in [0.2, 0.25) is 0 Å². The molecule has 4 unspecified atom stereocenters. The van der Waals surface area contributed by atoms with Crippen molar-refractivity contribution in [1.29, 1.82) is 0 Å². The number of piperidine rings is 1. The number of amides is 3. The number of imide groups is 1. The van der Waals surface area contributed by atoms with Gasteiger partial charge in [0, 0.05) is 19.6 Å². The maximum Gasteiger partial charge on any atom is 0.264 e. The lowest BCUT2D eigenvalue weighted by Crippen LogP contribution is -2.44. The van der Waals surface area contributed by atoms with E-state index in [1.807, 2.05) is 36.4 Å². The van der Waals surface area contributed by atoms with Crippen molar-refractivity contribution in [1.82, 2.24) is 15.2 Å². The number of nitrogens with zero attached hydrogens (tertiary/aromatic N) is 3. The highest BCUT2D eigenvalue weighted by atomic mass is 32.1. The quantitative estimate of drug-likeness (QED) is 0.343. The van der Waals surface area contributed by atoms with E-state index in [0.29, 0.717) is 34.9 Å². The van der Waals surface area contributed by atoms with Gasteiger partial charge in [0.05, 0.1) is 39.5 Å². The topological polar surface area (TPSA) is 82.6 Å². The van der Waals surface area contributed by atoms with E-state index in [4.69, 9.17) is 0 Å². The molecule has 2 aromatic carbocycles. The Morgan fingerprint density at radius 3 is 2.77 bits per heavy atom. The van der Waals surface area contributed by atoms with E-state index in [0.717, 1.165) is 52.8 Å². The summed E-state index contributed by atoms with van der Waals surface area (Å²) in [5.74, 6) is 1.36. The summed E-state index contributed by atoms with van der Waals surface area (Å²) in [4.78, 5) is 48.4. The molecule has 4 atom stereocenters. The molecule has 3 heterocycles. The fourth-order valence-corrected chi connectivity index (χ4v) is 8.94. The average Bonchev–Trinajstić information content (AvgIpc) is 3.35. The number of fused-ring (bicyclic) bond motifs is 2. The first kappa shape index (κ1) is 24.3. The lowest BCUT2D eigenvalue weighted by atomic mass is 9.88. The summed E-state index contributed by atoms with van der Waals surface area (Å²) < 4.78 is 1.04.